The summed E-state index contributed by atoms with van der Waals surface area (Å²) in [5.41, 5.74) is 1.88. The van der Waals surface area contributed by atoms with Gasteiger partial charge in [0, 0.05) is 6.54 Å². The molecule has 0 radical (unpaired) electrons. The van der Waals surface area contributed by atoms with E-state index in [0.29, 0.717) is 18.7 Å². The summed E-state index contributed by atoms with van der Waals surface area (Å²) in [5, 5.41) is 7.86. The number of para-hydroxylation sites is 1. The topological polar surface area (TPSA) is 98.5 Å². The first-order valence-electron chi connectivity index (χ1n) is 8.68. The van der Waals surface area contributed by atoms with Gasteiger partial charge in [-0.05, 0) is 41.2 Å². The lowest BCUT2D eigenvalue weighted by Crippen LogP contribution is -2.31. The van der Waals surface area contributed by atoms with Gasteiger partial charge in [0.1, 0.15) is 5.75 Å². The Bertz CT molecular complexity index is 885. The summed E-state index contributed by atoms with van der Waals surface area (Å²) >= 11 is 0. The Morgan fingerprint density at radius 2 is 1.70 bits per heavy atom. The van der Waals surface area contributed by atoms with Crippen LogP contribution in [0.4, 0.5) is 0 Å². The Morgan fingerprint density at radius 1 is 1.07 bits per heavy atom. The normalized spacial score (nSPS) is 11.9. The second kappa shape index (κ2) is 8.54. The average Bonchev–Trinajstić information content (AvgIpc) is 2.59. The molecule has 0 aliphatic heterocycles. The zero-order chi connectivity index (χ0) is 20.1. The van der Waals surface area contributed by atoms with Crippen LogP contribution in [0, 0.1) is 0 Å². The van der Waals surface area contributed by atoms with E-state index in [2.05, 4.69) is 26.1 Å². The number of hydrogen-bond donors (Lipinski definition) is 2. The molecule has 27 heavy (non-hydrogen) atoms. The van der Waals surface area contributed by atoms with Crippen LogP contribution in [-0.2, 0) is 26.7 Å². The molecule has 1 amide bonds. The fraction of sp³-hybridized carbons (Fsp3) is 0.350. The first-order valence-corrected chi connectivity index (χ1v) is 10.2. The standard InChI is InChI=1S/C20H26N2O4S/c1-20(2,3)17-6-4-5-7-18(17)26-14-19(23)22-13-12-15-8-10-16(11-9-15)27(21,24)25/h4-11H,12-14H2,1-3H3,(H,22,23)(H2,21,24,25). The van der Waals surface area contributed by atoms with Crippen molar-refractivity contribution in [3.8, 4) is 5.75 Å². The number of rotatable bonds is 7. The molecule has 0 heterocycles. The molecule has 2 rings (SSSR count). The van der Waals surface area contributed by atoms with Gasteiger partial charge in [-0.3, -0.25) is 4.79 Å². The molecule has 0 spiro atoms. The van der Waals surface area contributed by atoms with Gasteiger partial charge in [0.25, 0.3) is 5.91 Å². The molecule has 2 aromatic carbocycles. The molecule has 2 aromatic rings. The van der Waals surface area contributed by atoms with Crippen molar-refractivity contribution in [2.24, 2.45) is 5.14 Å². The second-order valence-electron chi connectivity index (χ2n) is 7.32. The number of sulfonamides is 1. The van der Waals surface area contributed by atoms with Gasteiger partial charge in [-0.2, -0.15) is 0 Å². The summed E-state index contributed by atoms with van der Waals surface area (Å²) in [6.45, 7) is 6.65. The molecule has 0 atom stereocenters. The molecule has 146 valence electrons. The van der Waals surface area contributed by atoms with Crippen LogP contribution >= 0.6 is 0 Å². The molecule has 0 saturated heterocycles. The van der Waals surface area contributed by atoms with Crippen molar-refractivity contribution in [3.63, 3.8) is 0 Å². The number of nitrogens with one attached hydrogen (secondary N) is 1. The van der Waals surface area contributed by atoms with Gasteiger partial charge in [-0.15, -0.1) is 0 Å². The SMILES string of the molecule is CC(C)(C)c1ccccc1OCC(=O)NCCc1ccc(S(N)(=O)=O)cc1. The number of hydrogen-bond acceptors (Lipinski definition) is 4. The highest BCUT2D eigenvalue weighted by atomic mass is 32.2. The minimum atomic E-state index is -3.69. The summed E-state index contributed by atoms with van der Waals surface area (Å²) < 4.78 is 28.1. The Balaban J connectivity index is 1.82. The monoisotopic (exact) mass is 390 g/mol. The number of benzene rings is 2. The summed E-state index contributed by atoms with van der Waals surface area (Å²) in [4.78, 5) is 12.1. The van der Waals surface area contributed by atoms with Gasteiger partial charge in [0.15, 0.2) is 6.61 Å². The van der Waals surface area contributed by atoms with Crippen LogP contribution in [0.5, 0.6) is 5.75 Å². The Labute approximate surface area is 160 Å². The van der Waals surface area contributed by atoms with Gasteiger partial charge in [0.05, 0.1) is 4.90 Å². The third kappa shape index (κ3) is 6.37. The van der Waals surface area contributed by atoms with Crippen LogP contribution in [0.3, 0.4) is 0 Å². The van der Waals surface area contributed by atoms with E-state index in [1.165, 1.54) is 12.1 Å². The highest BCUT2D eigenvalue weighted by molar-refractivity contribution is 7.89. The van der Waals surface area contributed by atoms with E-state index >= 15 is 0 Å². The van der Waals surface area contributed by atoms with E-state index in [-0.39, 0.29) is 22.8 Å². The van der Waals surface area contributed by atoms with Crippen molar-refractivity contribution in [1.82, 2.24) is 5.32 Å². The lowest BCUT2D eigenvalue weighted by molar-refractivity contribution is -0.123. The summed E-state index contributed by atoms with van der Waals surface area (Å²) in [6, 6.07) is 14.0. The van der Waals surface area contributed by atoms with Crippen molar-refractivity contribution in [1.29, 1.82) is 0 Å². The lowest BCUT2D eigenvalue weighted by Gasteiger charge is -2.22. The van der Waals surface area contributed by atoms with Crippen molar-refractivity contribution < 1.29 is 17.9 Å². The number of primary sulfonamides is 1. The summed E-state index contributed by atoms with van der Waals surface area (Å²) in [5.74, 6) is 0.499. The van der Waals surface area contributed by atoms with Crippen LogP contribution in [0.15, 0.2) is 53.4 Å². The van der Waals surface area contributed by atoms with Crippen LogP contribution in [0.25, 0.3) is 0 Å². The largest absolute Gasteiger partial charge is 0.483 e. The molecule has 0 aliphatic rings. The predicted molar refractivity (Wildman–Crippen MR) is 105 cm³/mol. The van der Waals surface area contributed by atoms with E-state index in [0.717, 1.165) is 11.1 Å². The van der Waals surface area contributed by atoms with Crippen LogP contribution in [-0.4, -0.2) is 27.5 Å². The number of carbonyl (C=O) groups is 1. The first-order chi connectivity index (χ1) is 12.6. The van der Waals surface area contributed by atoms with Gasteiger partial charge in [0.2, 0.25) is 10.0 Å². The van der Waals surface area contributed by atoms with Crippen LogP contribution < -0.4 is 15.2 Å². The summed E-state index contributed by atoms with van der Waals surface area (Å²) in [6.07, 6.45) is 0.579. The molecule has 0 fully saturated rings. The second-order valence-corrected chi connectivity index (χ2v) is 8.89. The number of nitrogens with two attached hydrogens (primary N) is 1. The van der Waals surface area contributed by atoms with E-state index in [4.69, 9.17) is 9.88 Å². The maximum absolute atomic E-state index is 12.0. The molecule has 3 N–H and O–H groups in total. The average molecular weight is 391 g/mol. The molecule has 0 saturated carbocycles. The van der Waals surface area contributed by atoms with E-state index in [1.807, 2.05) is 24.3 Å². The molecular weight excluding hydrogens is 364 g/mol. The van der Waals surface area contributed by atoms with Crippen molar-refractivity contribution >= 4 is 15.9 Å². The van der Waals surface area contributed by atoms with E-state index in [1.54, 1.807) is 12.1 Å². The first kappa shape index (κ1) is 20.9. The summed E-state index contributed by atoms with van der Waals surface area (Å²) in [7, 11) is -3.69. The Kier molecular flexibility index (Phi) is 6.62. The zero-order valence-electron chi connectivity index (χ0n) is 15.9. The zero-order valence-corrected chi connectivity index (χ0v) is 16.7. The minimum Gasteiger partial charge on any atom is -0.483 e. The van der Waals surface area contributed by atoms with E-state index in [9.17, 15) is 13.2 Å². The van der Waals surface area contributed by atoms with Gasteiger partial charge in [-0.25, -0.2) is 13.6 Å². The maximum Gasteiger partial charge on any atom is 0.257 e. The molecule has 0 aliphatic carbocycles. The van der Waals surface area contributed by atoms with Gasteiger partial charge in [-0.1, -0.05) is 51.1 Å². The molecular formula is C20H26N2O4S. The van der Waals surface area contributed by atoms with Crippen molar-refractivity contribution in [3.05, 3.63) is 59.7 Å². The van der Waals surface area contributed by atoms with Crippen LogP contribution in [0.1, 0.15) is 31.9 Å². The van der Waals surface area contributed by atoms with E-state index < -0.39 is 10.0 Å². The lowest BCUT2D eigenvalue weighted by atomic mass is 9.86. The maximum atomic E-state index is 12.0. The van der Waals surface area contributed by atoms with Gasteiger partial charge >= 0.3 is 0 Å². The van der Waals surface area contributed by atoms with Crippen LogP contribution in [0.2, 0.25) is 0 Å². The quantitative estimate of drug-likeness (QED) is 0.758. The number of carbonyl (C=O) groups excluding carboxylic acids is 1. The molecule has 0 aromatic heterocycles. The Morgan fingerprint density at radius 3 is 2.30 bits per heavy atom. The number of ether oxygens (including phenoxy) is 1. The highest BCUT2D eigenvalue weighted by Gasteiger charge is 2.18. The molecule has 0 unspecified atom stereocenters. The molecule has 7 heteroatoms. The third-order valence-electron chi connectivity index (χ3n) is 4.04. The number of amides is 1. The van der Waals surface area contributed by atoms with Gasteiger partial charge < -0.3 is 10.1 Å². The highest BCUT2D eigenvalue weighted by Crippen LogP contribution is 2.30. The molecule has 0 bridgehead atoms. The smallest absolute Gasteiger partial charge is 0.257 e. The third-order valence-corrected chi connectivity index (χ3v) is 4.97. The molecule has 6 nitrogen and oxygen atoms in total. The van der Waals surface area contributed by atoms with Crippen molar-refractivity contribution in [2.75, 3.05) is 13.2 Å². The minimum absolute atomic E-state index is 0.0581. The fourth-order valence-electron chi connectivity index (χ4n) is 2.60. The predicted octanol–water partition coefficient (Wildman–Crippen LogP) is 2.37. The fourth-order valence-corrected chi connectivity index (χ4v) is 3.11. The Hall–Kier alpha value is -2.38. The van der Waals surface area contributed by atoms with Crippen molar-refractivity contribution in [2.45, 2.75) is 37.5 Å².